The number of hydrogen-bond acceptors (Lipinski definition) is 7. The fourth-order valence-corrected chi connectivity index (χ4v) is 3.46. The van der Waals surface area contributed by atoms with Gasteiger partial charge in [0.2, 0.25) is 5.88 Å². The summed E-state index contributed by atoms with van der Waals surface area (Å²) in [6, 6.07) is 9.34. The van der Waals surface area contributed by atoms with Crippen LogP contribution in [-0.2, 0) is 6.42 Å². The quantitative estimate of drug-likeness (QED) is 0.597. The van der Waals surface area contributed by atoms with E-state index < -0.39 is 0 Å². The van der Waals surface area contributed by atoms with Gasteiger partial charge >= 0.3 is 0 Å². The van der Waals surface area contributed by atoms with Gasteiger partial charge in [0.1, 0.15) is 18.1 Å². The number of aromatic nitrogens is 2. The second-order valence-electron chi connectivity index (χ2n) is 6.93. The first-order chi connectivity index (χ1) is 14.1. The molecular formula is C21H21ClN4O3. The summed E-state index contributed by atoms with van der Waals surface area (Å²) in [5, 5.41) is 3.83. The molecule has 7 nitrogen and oxygen atoms in total. The fourth-order valence-electron chi connectivity index (χ4n) is 3.27. The summed E-state index contributed by atoms with van der Waals surface area (Å²) in [7, 11) is 0. The van der Waals surface area contributed by atoms with Gasteiger partial charge in [-0.2, -0.15) is 4.98 Å². The summed E-state index contributed by atoms with van der Waals surface area (Å²) in [6.07, 6.45) is 5.28. The molecule has 3 aromatic rings. The van der Waals surface area contributed by atoms with E-state index in [1.165, 1.54) is 6.26 Å². The standard InChI is InChI=1S/C21H21ClN4O3/c22-17-3-1-13(9-15(17)10-19(27)18-12-28-21(23)26-18)14-2-4-20(25-11-14)29-16-5-7-24-8-6-16/h1-4,9,11-12,16,24H,5-8,10H2,(H2,23,26). The predicted molar refractivity (Wildman–Crippen MR) is 110 cm³/mol. The van der Waals surface area contributed by atoms with Crippen LogP contribution in [0.3, 0.4) is 0 Å². The van der Waals surface area contributed by atoms with E-state index >= 15 is 0 Å². The lowest BCUT2D eigenvalue weighted by Gasteiger charge is -2.23. The minimum atomic E-state index is -0.214. The van der Waals surface area contributed by atoms with Crippen molar-refractivity contribution < 1.29 is 13.9 Å². The fraction of sp³-hybridized carbons (Fsp3) is 0.286. The molecule has 0 atom stereocenters. The van der Waals surface area contributed by atoms with Crippen molar-refractivity contribution in [1.29, 1.82) is 0 Å². The van der Waals surface area contributed by atoms with Crippen molar-refractivity contribution in [2.75, 3.05) is 18.8 Å². The molecule has 3 N–H and O–H groups in total. The van der Waals surface area contributed by atoms with Crippen molar-refractivity contribution in [3.63, 3.8) is 0 Å². The molecule has 0 bridgehead atoms. The van der Waals surface area contributed by atoms with Gasteiger partial charge in [0.15, 0.2) is 5.78 Å². The zero-order chi connectivity index (χ0) is 20.2. The third-order valence-corrected chi connectivity index (χ3v) is 5.22. The molecule has 4 rings (SSSR count). The molecule has 0 spiro atoms. The van der Waals surface area contributed by atoms with E-state index in [4.69, 9.17) is 26.5 Å². The Morgan fingerprint density at radius 3 is 2.72 bits per heavy atom. The Hall–Kier alpha value is -2.90. The van der Waals surface area contributed by atoms with E-state index in [0.717, 1.165) is 37.1 Å². The molecule has 2 aromatic heterocycles. The van der Waals surface area contributed by atoms with E-state index in [1.54, 1.807) is 12.3 Å². The molecule has 1 aromatic carbocycles. The minimum Gasteiger partial charge on any atom is -0.474 e. The van der Waals surface area contributed by atoms with Gasteiger partial charge in [-0.25, -0.2) is 4.98 Å². The van der Waals surface area contributed by atoms with Crippen LogP contribution in [0.4, 0.5) is 6.01 Å². The number of Topliss-reactive ketones (excluding diaryl/α,β-unsaturated/α-hetero) is 1. The van der Waals surface area contributed by atoms with Crippen LogP contribution in [0.5, 0.6) is 5.88 Å². The molecule has 0 aliphatic carbocycles. The molecule has 0 unspecified atom stereocenters. The number of piperidine rings is 1. The zero-order valence-corrected chi connectivity index (χ0v) is 16.5. The summed E-state index contributed by atoms with van der Waals surface area (Å²) < 4.78 is 10.9. The van der Waals surface area contributed by atoms with Gasteiger partial charge in [-0.05, 0) is 55.3 Å². The van der Waals surface area contributed by atoms with Gasteiger partial charge in [0.25, 0.3) is 6.01 Å². The van der Waals surface area contributed by atoms with Gasteiger partial charge in [-0.3, -0.25) is 4.79 Å². The Labute approximate surface area is 173 Å². The summed E-state index contributed by atoms with van der Waals surface area (Å²) in [4.78, 5) is 20.7. The number of hydrogen-bond donors (Lipinski definition) is 2. The van der Waals surface area contributed by atoms with Crippen LogP contribution in [0, 0.1) is 0 Å². The normalized spacial score (nSPS) is 14.7. The van der Waals surface area contributed by atoms with Gasteiger partial charge < -0.3 is 20.2 Å². The predicted octanol–water partition coefficient (Wildman–Crippen LogP) is 3.53. The Balaban J connectivity index is 1.48. The second-order valence-corrected chi connectivity index (χ2v) is 7.34. The van der Waals surface area contributed by atoms with Crippen LogP contribution in [0.2, 0.25) is 5.02 Å². The summed E-state index contributed by atoms with van der Waals surface area (Å²) >= 11 is 6.29. The molecule has 0 amide bonds. The second kappa shape index (κ2) is 8.63. The highest BCUT2D eigenvalue weighted by Crippen LogP contribution is 2.27. The zero-order valence-electron chi connectivity index (χ0n) is 15.7. The van der Waals surface area contributed by atoms with Gasteiger partial charge in [-0.15, -0.1) is 0 Å². The lowest BCUT2D eigenvalue weighted by atomic mass is 10.0. The van der Waals surface area contributed by atoms with E-state index in [9.17, 15) is 4.79 Å². The number of nitrogens with two attached hydrogens (primary N) is 1. The van der Waals surface area contributed by atoms with Crippen molar-refractivity contribution in [3.05, 3.63) is 59.1 Å². The molecule has 1 saturated heterocycles. The van der Waals surface area contributed by atoms with Crippen molar-refractivity contribution in [2.24, 2.45) is 0 Å². The number of carbonyl (C=O) groups is 1. The Morgan fingerprint density at radius 2 is 2.03 bits per heavy atom. The molecule has 1 fully saturated rings. The largest absolute Gasteiger partial charge is 0.474 e. The van der Waals surface area contributed by atoms with Crippen molar-refractivity contribution in [2.45, 2.75) is 25.4 Å². The van der Waals surface area contributed by atoms with E-state index in [0.29, 0.717) is 16.5 Å². The van der Waals surface area contributed by atoms with E-state index in [2.05, 4.69) is 15.3 Å². The molecule has 0 saturated carbocycles. The highest BCUT2D eigenvalue weighted by molar-refractivity contribution is 6.31. The Kier molecular flexibility index (Phi) is 5.78. The van der Waals surface area contributed by atoms with Crippen LogP contribution >= 0.6 is 11.6 Å². The maximum absolute atomic E-state index is 12.4. The molecule has 29 heavy (non-hydrogen) atoms. The molecule has 150 valence electrons. The number of halogens is 1. The van der Waals surface area contributed by atoms with E-state index in [-0.39, 0.29) is 30.0 Å². The SMILES string of the molecule is Nc1nc(C(=O)Cc2cc(-c3ccc(OC4CCNCC4)nc3)ccc2Cl)co1. The lowest BCUT2D eigenvalue weighted by molar-refractivity contribution is 0.0988. The maximum Gasteiger partial charge on any atom is 0.292 e. The minimum absolute atomic E-state index is 0.0360. The number of nitrogen functional groups attached to an aromatic ring is 1. The van der Waals surface area contributed by atoms with Gasteiger partial charge in [0.05, 0.1) is 0 Å². The van der Waals surface area contributed by atoms with Crippen molar-refractivity contribution in [3.8, 4) is 17.0 Å². The highest BCUT2D eigenvalue weighted by atomic mass is 35.5. The van der Waals surface area contributed by atoms with E-state index in [1.807, 2.05) is 24.3 Å². The average molecular weight is 413 g/mol. The topological polar surface area (TPSA) is 103 Å². The number of oxazole rings is 1. The summed E-state index contributed by atoms with van der Waals surface area (Å²) in [5.41, 5.74) is 8.15. The number of ether oxygens (including phenoxy) is 1. The summed E-state index contributed by atoms with van der Waals surface area (Å²) in [6.45, 7) is 1.94. The van der Waals surface area contributed by atoms with Crippen LogP contribution in [-0.4, -0.2) is 34.9 Å². The monoisotopic (exact) mass is 412 g/mol. The van der Waals surface area contributed by atoms with Gasteiger partial charge in [-0.1, -0.05) is 17.7 Å². The number of pyridine rings is 1. The molecule has 8 heteroatoms. The third kappa shape index (κ3) is 4.75. The Bertz CT molecular complexity index is 997. The number of anilines is 1. The number of ketones is 1. The maximum atomic E-state index is 12.4. The van der Waals surface area contributed by atoms with Crippen LogP contribution in [0.1, 0.15) is 28.9 Å². The molecule has 3 heterocycles. The molecule has 1 aliphatic heterocycles. The highest BCUT2D eigenvalue weighted by Gasteiger charge is 2.16. The first-order valence-electron chi connectivity index (χ1n) is 9.45. The number of benzene rings is 1. The Morgan fingerprint density at radius 1 is 1.24 bits per heavy atom. The van der Waals surface area contributed by atoms with Crippen molar-refractivity contribution in [1.82, 2.24) is 15.3 Å². The number of nitrogens with zero attached hydrogens (tertiary/aromatic N) is 2. The van der Waals surface area contributed by atoms with Crippen LogP contribution < -0.4 is 15.8 Å². The smallest absolute Gasteiger partial charge is 0.292 e. The lowest BCUT2D eigenvalue weighted by Crippen LogP contribution is -2.34. The number of rotatable bonds is 6. The van der Waals surface area contributed by atoms with Gasteiger partial charge in [0, 0.05) is 29.3 Å². The van der Waals surface area contributed by atoms with Crippen LogP contribution in [0.15, 0.2) is 47.2 Å². The number of carbonyl (C=O) groups excluding carboxylic acids is 1. The van der Waals surface area contributed by atoms with Crippen molar-refractivity contribution >= 4 is 23.4 Å². The number of nitrogens with one attached hydrogen (secondary N) is 1. The third-order valence-electron chi connectivity index (χ3n) is 4.85. The average Bonchev–Trinajstić information content (AvgIpc) is 3.18. The molecule has 0 radical (unpaired) electrons. The molecule has 1 aliphatic rings. The molecular weight excluding hydrogens is 392 g/mol. The first-order valence-corrected chi connectivity index (χ1v) is 9.83. The first kappa shape index (κ1) is 19.4. The summed E-state index contributed by atoms with van der Waals surface area (Å²) in [5.74, 6) is 0.405. The van der Waals surface area contributed by atoms with Crippen LogP contribution in [0.25, 0.3) is 11.1 Å².